The lowest BCUT2D eigenvalue weighted by atomic mass is 10.2. The van der Waals surface area contributed by atoms with Gasteiger partial charge < -0.3 is 4.98 Å². The molecule has 0 radical (unpaired) electrons. The Bertz CT molecular complexity index is 1390. The Labute approximate surface area is 178 Å². The number of thiophene rings is 2. The van der Waals surface area contributed by atoms with E-state index in [1.54, 1.807) is 23.1 Å². The summed E-state index contributed by atoms with van der Waals surface area (Å²) in [7, 11) is 0. The first kappa shape index (κ1) is 18.5. The number of thioether (sulfide) groups is 1. The van der Waals surface area contributed by atoms with E-state index >= 15 is 0 Å². The number of aryl methyl sites for hydroxylation is 1. The van der Waals surface area contributed by atoms with Crippen LogP contribution < -0.4 is 5.56 Å². The smallest absolute Gasteiger partial charge is 0.260 e. The van der Waals surface area contributed by atoms with E-state index in [2.05, 4.69) is 15.0 Å². The largest absolute Gasteiger partial charge is 0.309 e. The fraction of sp³-hybridized carbons (Fsp3) is 0.143. The van der Waals surface area contributed by atoms with Crippen LogP contribution in [0.4, 0.5) is 0 Å². The highest BCUT2D eigenvalue weighted by atomic mass is 32.2. The summed E-state index contributed by atoms with van der Waals surface area (Å²) in [5.74, 6) is 1.39. The van der Waals surface area contributed by atoms with E-state index in [1.165, 1.54) is 11.3 Å². The Morgan fingerprint density at radius 3 is 2.76 bits per heavy atom. The van der Waals surface area contributed by atoms with Gasteiger partial charge in [0.1, 0.15) is 21.5 Å². The molecule has 0 saturated carbocycles. The van der Waals surface area contributed by atoms with Gasteiger partial charge in [-0.25, -0.2) is 15.0 Å². The average Bonchev–Trinajstić information content (AvgIpc) is 3.37. The molecule has 0 aliphatic rings. The Balaban J connectivity index is 1.54. The molecule has 1 atom stereocenters. The van der Waals surface area contributed by atoms with Gasteiger partial charge in [-0.3, -0.25) is 4.79 Å². The van der Waals surface area contributed by atoms with Crippen LogP contribution in [-0.4, -0.2) is 19.9 Å². The summed E-state index contributed by atoms with van der Waals surface area (Å²) < 4.78 is 0. The highest BCUT2D eigenvalue weighted by Gasteiger charge is 2.18. The van der Waals surface area contributed by atoms with Crippen LogP contribution in [0.3, 0.4) is 0 Å². The molecule has 4 heterocycles. The lowest BCUT2D eigenvalue weighted by Gasteiger charge is -2.12. The minimum Gasteiger partial charge on any atom is -0.309 e. The predicted molar refractivity (Wildman–Crippen MR) is 122 cm³/mol. The second-order valence-corrected chi connectivity index (χ2v) is 9.75. The van der Waals surface area contributed by atoms with Crippen LogP contribution in [0.5, 0.6) is 0 Å². The highest BCUT2D eigenvalue weighted by Crippen LogP contribution is 2.37. The lowest BCUT2D eigenvalue weighted by molar-refractivity contribution is 0.918. The molecule has 144 valence electrons. The molecule has 0 spiro atoms. The molecular weight excluding hydrogens is 420 g/mol. The average molecular weight is 437 g/mol. The van der Waals surface area contributed by atoms with E-state index in [0.29, 0.717) is 11.2 Å². The number of nitrogens with one attached hydrogen (secondary N) is 1. The summed E-state index contributed by atoms with van der Waals surface area (Å²) in [6.45, 7) is 3.93. The number of H-pyrrole nitrogens is 1. The van der Waals surface area contributed by atoms with Crippen molar-refractivity contribution in [3.05, 3.63) is 69.2 Å². The summed E-state index contributed by atoms with van der Waals surface area (Å²) in [5.41, 5.74) is 1.79. The fourth-order valence-electron chi connectivity index (χ4n) is 3.24. The summed E-state index contributed by atoms with van der Waals surface area (Å²) in [6, 6.07) is 12.0. The number of aromatic nitrogens is 4. The molecule has 5 rings (SSSR count). The zero-order valence-corrected chi connectivity index (χ0v) is 18.1. The number of hydrogen-bond donors (Lipinski definition) is 1. The van der Waals surface area contributed by atoms with Crippen molar-refractivity contribution in [2.45, 2.75) is 24.1 Å². The van der Waals surface area contributed by atoms with Crippen molar-refractivity contribution in [3.8, 4) is 10.4 Å². The molecule has 1 unspecified atom stereocenters. The maximum absolute atomic E-state index is 12.9. The molecule has 0 aliphatic carbocycles. The molecule has 0 bridgehead atoms. The Morgan fingerprint density at radius 2 is 1.93 bits per heavy atom. The van der Waals surface area contributed by atoms with Crippen LogP contribution in [0.1, 0.15) is 23.8 Å². The van der Waals surface area contributed by atoms with Gasteiger partial charge in [0.25, 0.3) is 5.56 Å². The number of para-hydroxylation sites is 1. The lowest BCUT2D eigenvalue weighted by Crippen LogP contribution is -2.12. The van der Waals surface area contributed by atoms with Gasteiger partial charge >= 0.3 is 0 Å². The predicted octanol–water partition coefficient (Wildman–Crippen LogP) is 5.82. The van der Waals surface area contributed by atoms with Crippen LogP contribution in [0, 0.1) is 6.92 Å². The van der Waals surface area contributed by atoms with Crippen molar-refractivity contribution in [2.75, 3.05) is 0 Å². The van der Waals surface area contributed by atoms with Gasteiger partial charge in [0.2, 0.25) is 0 Å². The third-order valence-corrected chi connectivity index (χ3v) is 7.49. The zero-order chi connectivity index (χ0) is 20.0. The first-order valence-corrected chi connectivity index (χ1v) is 11.7. The molecule has 5 nitrogen and oxygen atoms in total. The quantitative estimate of drug-likeness (QED) is 0.284. The standard InChI is InChI=1S/C21H16N4OS3/c1-11(29-20-13-6-3-4-7-15(13)22-12(2)23-20)18-24-19(26)17-14(10-28-21(17)25-18)16-8-5-9-27-16/h3-11H,1-2H3,(H,24,25,26). The van der Waals surface area contributed by atoms with Crippen molar-refractivity contribution in [2.24, 2.45) is 0 Å². The molecule has 0 aliphatic heterocycles. The van der Waals surface area contributed by atoms with E-state index in [1.807, 2.05) is 61.0 Å². The van der Waals surface area contributed by atoms with Crippen LogP contribution in [0.2, 0.25) is 0 Å². The van der Waals surface area contributed by atoms with Crippen molar-refractivity contribution in [1.82, 2.24) is 19.9 Å². The van der Waals surface area contributed by atoms with Gasteiger partial charge in [-0.15, -0.1) is 22.7 Å². The molecule has 0 fully saturated rings. The number of benzene rings is 1. The molecule has 1 aromatic carbocycles. The molecule has 8 heteroatoms. The van der Waals surface area contributed by atoms with E-state index in [-0.39, 0.29) is 10.8 Å². The molecule has 1 N–H and O–H groups in total. The number of aromatic amines is 1. The van der Waals surface area contributed by atoms with Gasteiger partial charge in [-0.1, -0.05) is 36.0 Å². The Kier molecular flexibility index (Phi) is 4.69. The van der Waals surface area contributed by atoms with Crippen molar-refractivity contribution < 1.29 is 0 Å². The van der Waals surface area contributed by atoms with Gasteiger partial charge in [0, 0.05) is 21.2 Å². The zero-order valence-electron chi connectivity index (χ0n) is 15.7. The topological polar surface area (TPSA) is 71.5 Å². The van der Waals surface area contributed by atoms with E-state index < -0.39 is 0 Å². The fourth-order valence-corrected chi connectivity index (χ4v) is 6.05. The number of fused-ring (bicyclic) bond motifs is 2. The second-order valence-electron chi connectivity index (χ2n) is 6.61. The summed E-state index contributed by atoms with van der Waals surface area (Å²) in [4.78, 5) is 31.6. The monoisotopic (exact) mass is 436 g/mol. The van der Waals surface area contributed by atoms with Crippen LogP contribution >= 0.6 is 34.4 Å². The molecule has 29 heavy (non-hydrogen) atoms. The van der Waals surface area contributed by atoms with Gasteiger partial charge in [0.05, 0.1) is 16.2 Å². The third kappa shape index (κ3) is 3.37. The summed E-state index contributed by atoms with van der Waals surface area (Å²) in [5, 5.41) is 6.55. The van der Waals surface area contributed by atoms with Gasteiger partial charge in [-0.05, 0) is 31.4 Å². The SMILES string of the molecule is Cc1nc(SC(C)c2nc3scc(-c4cccs4)c3c(=O)[nH]2)c2ccccc2n1. The van der Waals surface area contributed by atoms with Crippen molar-refractivity contribution in [3.63, 3.8) is 0 Å². The molecule has 0 amide bonds. The molecular formula is C21H16N4OS3. The van der Waals surface area contributed by atoms with Crippen LogP contribution in [0.15, 0.2) is 57.0 Å². The van der Waals surface area contributed by atoms with E-state index in [4.69, 9.17) is 4.98 Å². The Morgan fingerprint density at radius 1 is 1.07 bits per heavy atom. The summed E-state index contributed by atoms with van der Waals surface area (Å²) >= 11 is 4.72. The highest BCUT2D eigenvalue weighted by molar-refractivity contribution is 7.99. The number of hydrogen-bond acceptors (Lipinski definition) is 7. The minimum atomic E-state index is -0.0918. The van der Waals surface area contributed by atoms with E-state index in [0.717, 1.165) is 37.0 Å². The van der Waals surface area contributed by atoms with Gasteiger partial charge in [-0.2, -0.15) is 0 Å². The Hall–Kier alpha value is -2.55. The first-order valence-electron chi connectivity index (χ1n) is 9.05. The molecule has 0 saturated heterocycles. The molecule has 5 aromatic rings. The van der Waals surface area contributed by atoms with Crippen LogP contribution in [-0.2, 0) is 0 Å². The normalized spacial score (nSPS) is 12.6. The second kappa shape index (κ2) is 7.37. The van der Waals surface area contributed by atoms with Gasteiger partial charge in [0.15, 0.2) is 0 Å². The number of nitrogens with zero attached hydrogens (tertiary/aromatic N) is 3. The number of rotatable bonds is 4. The minimum absolute atomic E-state index is 0.0582. The van der Waals surface area contributed by atoms with Crippen molar-refractivity contribution >= 4 is 55.6 Å². The third-order valence-electron chi connectivity index (χ3n) is 4.60. The summed E-state index contributed by atoms with van der Waals surface area (Å²) in [6.07, 6.45) is 0. The maximum Gasteiger partial charge on any atom is 0.260 e. The molecule has 4 aromatic heterocycles. The van der Waals surface area contributed by atoms with Crippen molar-refractivity contribution in [1.29, 1.82) is 0 Å². The first-order chi connectivity index (χ1) is 14.1. The maximum atomic E-state index is 12.9. The van der Waals surface area contributed by atoms with Crippen LogP contribution in [0.25, 0.3) is 31.6 Å². The van der Waals surface area contributed by atoms with E-state index in [9.17, 15) is 4.79 Å².